The largest absolute Gasteiger partial charge is 0.493 e. The Hall–Kier alpha value is -1.30. The Labute approximate surface area is 140 Å². The minimum atomic E-state index is 0.225. The fourth-order valence-corrected chi connectivity index (χ4v) is 3.56. The lowest BCUT2D eigenvalue weighted by Crippen LogP contribution is -2.54. The van der Waals surface area contributed by atoms with Gasteiger partial charge in [-0.2, -0.15) is 0 Å². The van der Waals surface area contributed by atoms with Crippen LogP contribution in [0.25, 0.3) is 0 Å². The molecule has 0 radical (unpaired) electrons. The van der Waals surface area contributed by atoms with Crippen molar-refractivity contribution in [3.05, 3.63) is 23.8 Å². The zero-order valence-electron chi connectivity index (χ0n) is 14.9. The topological polar surface area (TPSA) is 51.0 Å². The number of benzene rings is 1. The van der Waals surface area contributed by atoms with Gasteiger partial charge in [0.25, 0.3) is 0 Å². The number of hydrogen-bond donors (Lipinski definition) is 1. The number of ether oxygens (including phenoxy) is 2. The number of nitrogens with zero attached hydrogens (tertiary/aromatic N) is 2. The summed E-state index contributed by atoms with van der Waals surface area (Å²) in [4.78, 5) is 5.08. The van der Waals surface area contributed by atoms with Gasteiger partial charge >= 0.3 is 0 Å². The molecule has 1 saturated heterocycles. The average Bonchev–Trinajstić information content (AvgIpc) is 2.61. The molecule has 1 aromatic carbocycles. The zero-order chi connectivity index (χ0) is 16.8. The van der Waals surface area contributed by atoms with Crippen molar-refractivity contribution in [1.82, 2.24) is 9.80 Å². The molecule has 2 N–H and O–H groups in total. The van der Waals surface area contributed by atoms with Gasteiger partial charge in [0.2, 0.25) is 0 Å². The average molecular weight is 321 g/mol. The van der Waals surface area contributed by atoms with E-state index in [0.717, 1.165) is 37.7 Å². The van der Waals surface area contributed by atoms with Crippen molar-refractivity contribution in [1.29, 1.82) is 0 Å². The van der Waals surface area contributed by atoms with E-state index in [9.17, 15) is 0 Å². The van der Waals surface area contributed by atoms with E-state index < -0.39 is 0 Å². The highest BCUT2D eigenvalue weighted by Gasteiger charge is 2.29. The molecule has 2 rings (SSSR count). The Morgan fingerprint density at radius 3 is 2.48 bits per heavy atom. The predicted molar refractivity (Wildman–Crippen MR) is 94.2 cm³/mol. The molecule has 5 heteroatoms. The molecule has 0 aromatic heterocycles. The lowest BCUT2D eigenvalue weighted by Gasteiger charge is -2.44. The zero-order valence-corrected chi connectivity index (χ0v) is 14.9. The van der Waals surface area contributed by atoms with Gasteiger partial charge < -0.3 is 15.2 Å². The molecule has 1 heterocycles. The van der Waals surface area contributed by atoms with Crippen molar-refractivity contribution in [2.75, 3.05) is 46.9 Å². The normalized spacial score (nSPS) is 21.2. The van der Waals surface area contributed by atoms with Crippen molar-refractivity contribution < 1.29 is 9.47 Å². The third-order valence-corrected chi connectivity index (χ3v) is 4.97. The Bertz CT molecular complexity index is 495. The maximum Gasteiger partial charge on any atom is 0.161 e. The highest BCUT2D eigenvalue weighted by molar-refractivity contribution is 5.44. The quantitative estimate of drug-likeness (QED) is 0.834. The van der Waals surface area contributed by atoms with Gasteiger partial charge in [-0.25, -0.2) is 0 Å². The van der Waals surface area contributed by atoms with Gasteiger partial charge in [-0.1, -0.05) is 19.9 Å². The van der Waals surface area contributed by atoms with Crippen LogP contribution in [0.3, 0.4) is 0 Å². The molecule has 0 aliphatic carbocycles. The van der Waals surface area contributed by atoms with Crippen molar-refractivity contribution in [3.8, 4) is 11.5 Å². The van der Waals surface area contributed by atoms with Gasteiger partial charge in [0, 0.05) is 38.3 Å². The summed E-state index contributed by atoms with van der Waals surface area (Å²) in [6.07, 6.45) is 1.17. The van der Waals surface area contributed by atoms with E-state index in [-0.39, 0.29) is 6.04 Å². The maximum atomic E-state index is 6.12. The molecule has 0 spiro atoms. The first-order chi connectivity index (χ1) is 11.2. The SMILES string of the molecule is CCC1CN(C(CN)c2ccc(OC)c(OC)c2)CCN1CC. The molecule has 2 atom stereocenters. The molecule has 23 heavy (non-hydrogen) atoms. The summed E-state index contributed by atoms with van der Waals surface area (Å²) >= 11 is 0. The molecule has 1 aromatic rings. The van der Waals surface area contributed by atoms with Crippen LogP contribution in [0.15, 0.2) is 18.2 Å². The standard InChI is InChI=1S/C18H31N3O2/c1-5-15-13-21(10-9-20(15)6-2)16(12-19)14-7-8-17(22-3)18(11-14)23-4/h7-8,11,15-16H,5-6,9-10,12-13,19H2,1-4H3. The van der Waals surface area contributed by atoms with E-state index in [0.29, 0.717) is 12.6 Å². The number of piperazine rings is 1. The first-order valence-electron chi connectivity index (χ1n) is 8.58. The van der Waals surface area contributed by atoms with Crippen LogP contribution in [-0.2, 0) is 0 Å². The third-order valence-electron chi connectivity index (χ3n) is 4.97. The van der Waals surface area contributed by atoms with Crippen molar-refractivity contribution in [2.45, 2.75) is 32.4 Å². The maximum absolute atomic E-state index is 6.12. The molecular weight excluding hydrogens is 290 g/mol. The van der Waals surface area contributed by atoms with Crippen LogP contribution in [0.1, 0.15) is 31.9 Å². The van der Waals surface area contributed by atoms with Crippen molar-refractivity contribution in [2.24, 2.45) is 5.73 Å². The molecule has 0 amide bonds. The minimum absolute atomic E-state index is 0.225. The molecular formula is C18H31N3O2. The summed E-state index contributed by atoms with van der Waals surface area (Å²) in [7, 11) is 3.33. The van der Waals surface area contributed by atoms with E-state index in [1.807, 2.05) is 6.07 Å². The highest BCUT2D eigenvalue weighted by Crippen LogP contribution is 2.32. The number of hydrogen-bond acceptors (Lipinski definition) is 5. The van der Waals surface area contributed by atoms with E-state index in [2.05, 4.69) is 35.8 Å². The predicted octanol–water partition coefficient (Wildman–Crippen LogP) is 2.12. The Morgan fingerprint density at radius 2 is 1.91 bits per heavy atom. The third kappa shape index (κ3) is 3.97. The van der Waals surface area contributed by atoms with E-state index >= 15 is 0 Å². The molecule has 2 unspecified atom stereocenters. The van der Waals surface area contributed by atoms with Crippen LogP contribution in [0, 0.1) is 0 Å². The van der Waals surface area contributed by atoms with Gasteiger partial charge in [-0.3, -0.25) is 9.80 Å². The summed E-state index contributed by atoms with van der Waals surface area (Å²) in [5, 5.41) is 0. The fourth-order valence-electron chi connectivity index (χ4n) is 3.56. The summed E-state index contributed by atoms with van der Waals surface area (Å²) in [5.41, 5.74) is 7.32. The van der Waals surface area contributed by atoms with Crippen LogP contribution in [0.5, 0.6) is 11.5 Å². The van der Waals surface area contributed by atoms with Gasteiger partial charge in [0.1, 0.15) is 0 Å². The number of likely N-dealkylation sites (N-methyl/N-ethyl adjacent to an activating group) is 1. The lowest BCUT2D eigenvalue weighted by molar-refractivity contribution is 0.0508. The van der Waals surface area contributed by atoms with E-state index in [1.54, 1.807) is 14.2 Å². The molecule has 5 nitrogen and oxygen atoms in total. The van der Waals surface area contributed by atoms with Crippen LogP contribution >= 0.6 is 0 Å². The monoisotopic (exact) mass is 321 g/mol. The molecule has 1 aliphatic heterocycles. The number of rotatable bonds is 7. The summed E-state index contributed by atoms with van der Waals surface area (Å²) in [6.45, 7) is 9.48. The second-order valence-electron chi connectivity index (χ2n) is 6.05. The second kappa shape index (κ2) is 8.52. The first-order valence-corrected chi connectivity index (χ1v) is 8.58. The molecule has 1 fully saturated rings. The van der Waals surface area contributed by atoms with Crippen LogP contribution in [-0.4, -0.2) is 62.8 Å². The Kier molecular flexibility index (Phi) is 6.69. The lowest BCUT2D eigenvalue weighted by atomic mass is 10.0. The van der Waals surface area contributed by atoms with E-state index in [4.69, 9.17) is 15.2 Å². The van der Waals surface area contributed by atoms with Gasteiger partial charge in [-0.15, -0.1) is 0 Å². The second-order valence-corrected chi connectivity index (χ2v) is 6.05. The van der Waals surface area contributed by atoms with Gasteiger partial charge in [0.05, 0.1) is 14.2 Å². The van der Waals surface area contributed by atoms with Crippen molar-refractivity contribution >= 4 is 0 Å². The molecule has 130 valence electrons. The Morgan fingerprint density at radius 1 is 1.17 bits per heavy atom. The first kappa shape index (κ1) is 18.0. The highest BCUT2D eigenvalue weighted by atomic mass is 16.5. The number of methoxy groups -OCH3 is 2. The molecule has 1 aliphatic rings. The fraction of sp³-hybridized carbons (Fsp3) is 0.667. The number of nitrogens with two attached hydrogens (primary N) is 1. The summed E-state index contributed by atoms with van der Waals surface area (Å²) in [6, 6.07) is 6.97. The van der Waals surface area contributed by atoms with Crippen LogP contribution in [0.4, 0.5) is 0 Å². The van der Waals surface area contributed by atoms with Crippen LogP contribution < -0.4 is 15.2 Å². The Balaban J connectivity index is 2.19. The molecule has 0 saturated carbocycles. The van der Waals surface area contributed by atoms with Crippen LogP contribution in [0.2, 0.25) is 0 Å². The van der Waals surface area contributed by atoms with Gasteiger partial charge in [0.15, 0.2) is 11.5 Å². The summed E-state index contributed by atoms with van der Waals surface area (Å²) in [5.74, 6) is 1.52. The summed E-state index contributed by atoms with van der Waals surface area (Å²) < 4.78 is 10.8. The van der Waals surface area contributed by atoms with Crippen molar-refractivity contribution in [3.63, 3.8) is 0 Å². The molecule has 0 bridgehead atoms. The van der Waals surface area contributed by atoms with Gasteiger partial charge in [-0.05, 0) is 30.7 Å². The smallest absolute Gasteiger partial charge is 0.161 e. The van der Waals surface area contributed by atoms with E-state index in [1.165, 1.54) is 12.0 Å². The minimum Gasteiger partial charge on any atom is -0.493 e.